The average molecular weight is 640 g/mol. The lowest BCUT2D eigenvalue weighted by atomic mass is 9.92. The van der Waals surface area contributed by atoms with E-state index in [1.807, 2.05) is 6.07 Å². The molecule has 0 radical (unpaired) electrons. The number of aromatic nitrogens is 1. The molecule has 5 rings (SSSR count). The van der Waals surface area contributed by atoms with Crippen LogP contribution in [-0.4, -0.2) is 70.5 Å². The third-order valence-electron chi connectivity index (χ3n) is 8.19. The Morgan fingerprint density at radius 1 is 0.956 bits per heavy atom. The average Bonchev–Trinajstić information content (AvgIpc) is 2.99. The third kappa shape index (κ3) is 8.19. The van der Waals surface area contributed by atoms with Crippen LogP contribution in [0.5, 0.6) is 0 Å². The summed E-state index contributed by atoms with van der Waals surface area (Å²) in [6, 6.07) is 8.06. The summed E-state index contributed by atoms with van der Waals surface area (Å²) in [5, 5.41) is 14.6. The molecule has 1 N–H and O–H groups in total. The summed E-state index contributed by atoms with van der Waals surface area (Å²) in [7, 11) is 0. The van der Waals surface area contributed by atoms with Gasteiger partial charge in [0, 0.05) is 62.1 Å². The molecule has 0 spiro atoms. The molecule has 3 aromatic rings. The normalized spacial score (nSPS) is 19.9. The zero-order chi connectivity index (χ0) is 32.4. The highest BCUT2D eigenvalue weighted by Crippen LogP contribution is 2.38. The quantitative estimate of drug-likeness (QED) is 0.176. The van der Waals surface area contributed by atoms with E-state index < -0.39 is 34.1 Å². The van der Waals surface area contributed by atoms with Gasteiger partial charge in [0.25, 0.3) is 5.69 Å². The number of nitrogens with zero attached hydrogens (tertiary/aromatic N) is 4. The summed E-state index contributed by atoms with van der Waals surface area (Å²) in [5.74, 6) is -0.131. The van der Waals surface area contributed by atoms with E-state index in [4.69, 9.17) is 4.74 Å². The molecule has 1 amide bonds. The van der Waals surface area contributed by atoms with Crippen molar-refractivity contribution in [1.82, 2.24) is 14.8 Å². The number of nitro benzene ring substituents is 1. The summed E-state index contributed by atoms with van der Waals surface area (Å²) >= 11 is 0. The molecule has 1 aromatic heterocycles. The van der Waals surface area contributed by atoms with Crippen LogP contribution >= 0.6 is 0 Å². The summed E-state index contributed by atoms with van der Waals surface area (Å²) in [6.45, 7) is 2.72. The van der Waals surface area contributed by atoms with Crippen LogP contribution in [0.4, 0.5) is 37.7 Å². The molecular formula is C30H31F6N5O4. The van der Waals surface area contributed by atoms with E-state index in [1.54, 1.807) is 11.1 Å². The van der Waals surface area contributed by atoms with Crippen molar-refractivity contribution in [2.45, 2.75) is 56.7 Å². The van der Waals surface area contributed by atoms with Crippen LogP contribution in [0.1, 0.15) is 42.4 Å². The van der Waals surface area contributed by atoms with Gasteiger partial charge in [0.15, 0.2) is 0 Å². The Labute approximate surface area is 254 Å². The number of piperazine rings is 1. The van der Waals surface area contributed by atoms with Crippen LogP contribution in [0, 0.1) is 10.1 Å². The predicted molar refractivity (Wildman–Crippen MR) is 152 cm³/mol. The zero-order valence-corrected chi connectivity index (χ0v) is 24.0. The second-order valence-electron chi connectivity index (χ2n) is 11.3. The Hall–Kier alpha value is -3.98. The number of hydrogen-bond donors (Lipinski definition) is 1. The minimum absolute atomic E-state index is 0.0748. The smallest absolute Gasteiger partial charge is 0.382 e. The molecule has 2 aromatic carbocycles. The van der Waals surface area contributed by atoms with Gasteiger partial charge in [-0.1, -0.05) is 6.07 Å². The van der Waals surface area contributed by atoms with E-state index in [9.17, 15) is 41.3 Å². The molecule has 15 heteroatoms. The van der Waals surface area contributed by atoms with Crippen LogP contribution in [0.2, 0.25) is 0 Å². The van der Waals surface area contributed by atoms with Gasteiger partial charge in [-0.3, -0.25) is 24.8 Å². The van der Waals surface area contributed by atoms with E-state index in [-0.39, 0.29) is 35.9 Å². The highest BCUT2D eigenvalue weighted by molar-refractivity contribution is 5.80. The lowest BCUT2D eigenvalue weighted by molar-refractivity contribution is -0.388. The molecule has 0 bridgehead atoms. The summed E-state index contributed by atoms with van der Waals surface area (Å²) in [4.78, 5) is 30.8. The van der Waals surface area contributed by atoms with Crippen LogP contribution in [-0.2, 0) is 28.4 Å². The monoisotopic (exact) mass is 639 g/mol. The Kier molecular flexibility index (Phi) is 9.49. The van der Waals surface area contributed by atoms with E-state index in [2.05, 4.69) is 15.2 Å². The number of rotatable bonds is 8. The molecule has 2 aliphatic rings. The lowest BCUT2D eigenvalue weighted by Crippen LogP contribution is -2.49. The fourth-order valence-electron chi connectivity index (χ4n) is 5.75. The maximum atomic E-state index is 13.3. The van der Waals surface area contributed by atoms with Gasteiger partial charge in [-0.25, -0.2) is 0 Å². The van der Waals surface area contributed by atoms with Gasteiger partial charge in [-0.05, 0) is 61.6 Å². The number of carbonyl (C=O) groups is 1. The molecule has 2 heterocycles. The first-order valence-electron chi connectivity index (χ1n) is 14.5. The van der Waals surface area contributed by atoms with E-state index in [1.165, 1.54) is 12.1 Å². The van der Waals surface area contributed by atoms with Gasteiger partial charge >= 0.3 is 12.4 Å². The van der Waals surface area contributed by atoms with Crippen molar-refractivity contribution in [3.05, 3.63) is 75.5 Å². The predicted octanol–water partition coefficient (Wildman–Crippen LogP) is 6.26. The number of benzene rings is 2. The second-order valence-corrected chi connectivity index (χ2v) is 11.3. The van der Waals surface area contributed by atoms with E-state index >= 15 is 0 Å². The largest absolute Gasteiger partial charge is 0.423 e. The van der Waals surface area contributed by atoms with Crippen LogP contribution in [0.15, 0.2) is 48.7 Å². The number of fused-ring (bicyclic) bond motifs is 1. The Morgan fingerprint density at radius 3 is 2.31 bits per heavy atom. The number of hydrogen-bond acceptors (Lipinski definition) is 7. The van der Waals surface area contributed by atoms with Gasteiger partial charge in [-0.15, -0.1) is 0 Å². The van der Waals surface area contributed by atoms with Crippen molar-refractivity contribution in [3.63, 3.8) is 0 Å². The molecule has 1 aliphatic carbocycles. The number of halogens is 6. The maximum absolute atomic E-state index is 13.3. The Morgan fingerprint density at radius 2 is 1.67 bits per heavy atom. The Bertz CT molecular complexity index is 1530. The number of alkyl halides is 6. The van der Waals surface area contributed by atoms with Gasteiger partial charge in [0.1, 0.15) is 12.2 Å². The van der Waals surface area contributed by atoms with Crippen LogP contribution < -0.4 is 5.32 Å². The van der Waals surface area contributed by atoms with Crippen molar-refractivity contribution in [1.29, 1.82) is 0 Å². The minimum atomic E-state index is -4.85. The molecule has 0 unspecified atom stereocenters. The van der Waals surface area contributed by atoms with Gasteiger partial charge in [-0.2, -0.15) is 26.3 Å². The first-order chi connectivity index (χ1) is 21.3. The lowest BCUT2D eigenvalue weighted by Gasteiger charge is -2.35. The summed E-state index contributed by atoms with van der Waals surface area (Å²) in [6.07, 6.45) is -5.46. The highest BCUT2D eigenvalue weighted by atomic mass is 19.4. The molecule has 242 valence electrons. The third-order valence-corrected chi connectivity index (χ3v) is 8.19. The molecule has 45 heavy (non-hydrogen) atoms. The molecule has 0 atom stereocenters. The fourth-order valence-corrected chi connectivity index (χ4v) is 5.75. The van der Waals surface area contributed by atoms with Gasteiger partial charge < -0.3 is 15.0 Å². The van der Waals surface area contributed by atoms with Crippen LogP contribution in [0.3, 0.4) is 0 Å². The number of amides is 1. The number of carbonyl (C=O) groups excluding carboxylic acids is 1. The van der Waals surface area contributed by atoms with Crippen molar-refractivity contribution >= 4 is 28.2 Å². The summed E-state index contributed by atoms with van der Waals surface area (Å²) in [5.41, 5.74) is -1.74. The van der Waals surface area contributed by atoms with Crippen molar-refractivity contribution in [2.24, 2.45) is 0 Å². The van der Waals surface area contributed by atoms with Crippen LogP contribution in [0.25, 0.3) is 10.9 Å². The first kappa shape index (κ1) is 32.4. The Balaban J connectivity index is 1.03. The maximum Gasteiger partial charge on any atom is 0.423 e. The first-order valence-corrected chi connectivity index (χ1v) is 14.5. The molecule has 1 saturated carbocycles. The number of nitrogens with one attached hydrogen (secondary N) is 1. The van der Waals surface area contributed by atoms with E-state index in [0.29, 0.717) is 63.8 Å². The zero-order valence-electron chi connectivity index (χ0n) is 24.0. The van der Waals surface area contributed by atoms with Gasteiger partial charge in [0.05, 0.1) is 22.1 Å². The van der Waals surface area contributed by atoms with Gasteiger partial charge in [0.2, 0.25) is 5.91 Å². The number of pyridine rings is 1. The SMILES string of the molecule is O=C(COC1CCC(Nc2ccc([N+](=O)[O-])c(C(F)(F)F)c2)CC1)N1CCN(Cc2cnc3cc(C(F)(F)F)ccc3c2)CC1. The fraction of sp³-hybridized carbons (Fsp3) is 0.467. The number of nitro groups is 1. The van der Waals surface area contributed by atoms with Crippen molar-refractivity contribution in [2.75, 3.05) is 38.1 Å². The van der Waals surface area contributed by atoms with Crippen molar-refractivity contribution < 1.29 is 40.8 Å². The molecule has 2 fully saturated rings. The number of anilines is 1. The molecular weight excluding hydrogens is 608 g/mol. The molecule has 1 saturated heterocycles. The van der Waals surface area contributed by atoms with Crippen molar-refractivity contribution in [3.8, 4) is 0 Å². The number of ether oxygens (including phenoxy) is 1. The highest BCUT2D eigenvalue weighted by Gasteiger charge is 2.38. The standard InChI is InChI=1S/C30H31F6N5O4/c31-29(32,33)21-2-1-20-13-19(16-37-26(20)14-21)17-39-9-11-40(12-10-39)28(42)18-45-24-6-3-22(4-7-24)38-23-5-8-27(41(43)44)25(15-23)30(34,35)36/h1-2,5,8,13-16,22,24,38H,3-4,6-7,9-12,17-18H2. The second kappa shape index (κ2) is 13.2. The molecule has 1 aliphatic heterocycles. The summed E-state index contributed by atoms with van der Waals surface area (Å²) < 4.78 is 84.6. The topological polar surface area (TPSA) is 101 Å². The minimum Gasteiger partial charge on any atom is -0.382 e. The van der Waals surface area contributed by atoms with E-state index in [0.717, 1.165) is 29.8 Å². The molecule has 9 nitrogen and oxygen atoms in total.